The van der Waals surface area contributed by atoms with Gasteiger partial charge in [0.1, 0.15) is 0 Å². The maximum Gasteiger partial charge on any atom is 0.0792 e. The van der Waals surface area contributed by atoms with Gasteiger partial charge in [0, 0.05) is 26.2 Å². The molecule has 0 amide bonds. The SMILES string of the molecule is Clc1cc(Cl)c(C#CCN2CCNCC2)c(Cl)c1Cl. The van der Waals surface area contributed by atoms with Crippen LogP contribution in [0.2, 0.25) is 20.1 Å². The lowest BCUT2D eigenvalue weighted by atomic mass is 10.2. The van der Waals surface area contributed by atoms with Crippen LogP contribution in [0.15, 0.2) is 6.07 Å². The van der Waals surface area contributed by atoms with E-state index in [0.29, 0.717) is 32.2 Å². The normalized spacial score (nSPS) is 16.0. The van der Waals surface area contributed by atoms with Gasteiger partial charge in [-0.25, -0.2) is 0 Å². The molecule has 102 valence electrons. The molecule has 1 aliphatic rings. The van der Waals surface area contributed by atoms with Gasteiger partial charge < -0.3 is 5.32 Å². The molecule has 1 saturated heterocycles. The van der Waals surface area contributed by atoms with Crippen molar-refractivity contribution in [2.45, 2.75) is 0 Å². The predicted molar refractivity (Wildman–Crippen MR) is 82.7 cm³/mol. The van der Waals surface area contributed by atoms with E-state index in [1.54, 1.807) is 6.07 Å². The molecule has 0 aromatic heterocycles. The minimum atomic E-state index is 0.291. The summed E-state index contributed by atoms with van der Waals surface area (Å²) in [5.74, 6) is 6.05. The fraction of sp³-hybridized carbons (Fsp3) is 0.385. The average Bonchev–Trinajstić information content (AvgIpc) is 2.41. The van der Waals surface area contributed by atoms with Crippen LogP contribution in [0, 0.1) is 11.8 Å². The van der Waals surface area contributed by atoms with Crippen LogP contribution in [-0.4, -0.2) is 37.6 Å². The van der Waals surface area contributed by atoms with Gasteiger partial charge in [-0.1, -0.05) is 58.2 Å². The van der Waals surface area contributed by atoms with Crippen molar-refractivity contribution in [3.63, 3.8) is 0 Å². The van der Waals surface area contributed by atoms with Crippen LogP contribution >= 0.6 is 46.4 Å². The van der Waals surface area contributed by atoms with Crippen LogP contribution in [0.4, 0.5) is 0 Å². The van der Waals surface area contributed by atoms with E-state index in [2.05, 4.69) is 22.1 Å². The lowest BCUT2D eigenvalue weighted by Gasteiger charge is -2.24. The molecular weight excluding hydrogens is 326 g/mol. The average molecular weight is 338 g/mol. The Morgan fingerprint density at radius 2 is 1.74 bits per heavy atom. The van der Waals surface area contributed by atoms with E-state index in [-0.39, 0.29) is 0 Å². The number of nitrogens with one attached hydrogen (secondary N) is 1. The lowest BCUT2D eigenvalue weighted by molar-refractivity contribution is 0.268. The van der Waals surface area contributed by atoms with Crippen LogP contribution in [-0.2, 0) is 0 Å². The quantitative estimate of drug-likeness (QED) is 0.479. The Morgan fingerprint density at radius 1 is 1.05 bits per heavy atom. The van der Waals surface area contributed by atoms with Gasteiger partial charge >= 0.3 is 0 Å². The molecule has 0 saturated carbocycles. The molecule has 19 heavy (non-hydrogen) atoms. The first-order valence-corrected chi connectivity index (χ1v) is 7.35. The number of halogens is 4. The van der Waals surface area contributed by atoms with E-state index < -0.39 is 0 Å². The van der Waals surface area contributed by atoms with E-state index in [1.807, 2.05) is 0 Å². The largest absolute Gasteiger partial charge is 0.314 e. The van der Waals surface area contributed by atoms with Crippen molar-refractivity contribution in [3.8, 4) is 11.8 Å². The van der Waals surface area contributed by atoms with Crippen molar-refractivity contribution in [3.05, 3.63) is 31.7 Å². The topological polar surface area (TPSA) is 15.3 Å². The number of hydrogen-bond donors (Lipinski definition) is 1. The second kappa shape index (κ2) is 7.04. The molecule has 2 nitrogen and oxygen atoms in total. The van der Waals surface area contributed by atoms with Crippen LogP contribution in [0.5, 0.6) is 0 Å². The minimum Gasteiger partial charge on any atom is -0.314 e. The van der Waals surface area contributed by atoms with Gasteiger partial charge in [0.15, 0.2) is 0 Å². The molecule has 6 heteroatoms. The number of hydrogen-bond acceptors (Lipinski definition) is 2. The Hall–Kier alpha value is -0.140. The molecule has 0 spiro atoms. The van der Waals surface area contributed by atoms with Gasteiger partial charge in [-0.3, -0.25) is 4.90 Å². The highest BCUT2D eigenvalue weighted by Gasteiger charge is 2.12. The monoisotopic (exact) mass is 336 g/mol. The Balaban J connectivity index is 2.13. The molecule has 2 rings (SSSR count). The summed E-state index contributed by atoms with van der Waals surface area (Å²) in [4.78, 5) is 2.27. The van der Waals surface area contributed by atoms with E-state index in [1.165, 1.54) is 0 Å². The van der Waals surface area contributed by atoms with Gasteiger partial charge in [0.05, 0.1) is 32.2 Å². The first-order valence-electron chi connectivity index (χ1n) is 5.84. The highest BCUT2D eigenvalue weighted by molar-refractivity contribution is 6.49. The van der Waals surface area contributed by atoms with E-state index in [9.17, 15) is 0 Å². The van der Waals surface area contributed by atoms with Gasteiger partial charge in [-0.15, -0.1) is 0 Å². The molecule has 0 aliphatic carbocycles. The number of rotatable bonds is 1. The summed E-state index contributed by atoms with van der Waals surface area (Å²) < 4.78 is 0. The van der Waals surface area contributed by atoms with Crippen molar-refractivity contribution in [1.29, 1.82) is 0 Å². The van der Waals surface area contributed by atoms with Gasteiger partial charge in [0.25, 0.3) is 0 Å². The molecule has 1 aromatic rings. The third kappa shape index (κ3) is 3.92. The molecule has 0 bridgehead atoms. The smallest absolute Gasteiger partial charge is 0.0792 e. The standard InChI is InChI=1S/C13H12Cl4N2/c14-10-8-11(15)13(17)12(16)9(10)2-1-5-19-6-3-18-4-7-19/h8,18H,3-7H2. The molecular formula is C13H12Cl4N2. The maximum atomic E-state index is 6.10. The lowest BCUT2D eigenvalue weighted by Crippen LogP contribution is -2.43. The zero-order valence-electron chi connectivity index (χ0n) is 10.1. The Labute approximate surface area is 133 Å². The summed E-state index contributed by atoms with van der Waals surface area (Å²) in [5.41, 5.74) is 0.535. The highest BCUT2D eigenvalue weighted by atomic mass is 35.5. The van der Waals surface area contributed by atoms with Crippen LogP contribution in [0.25, 0.3) is 0 Å². The second-order valence-electron chi connectivity index (χ2n) is 4.17. The molecule has 0 atom stereocenters. The summed E-state index contributed by atoms with van der Waals surface area (Å²) in [7, 11) is 0. The molecule has 1 N–H and O–H groups in total. The number of benzene rings is 1. The van der Waals surface area contributed by atoms with Crippen LogP contribution < -0.4 is 5.32 Å². The Morgan fingerprint density at radius 3 is 2.42 bits per heavy atom. The summed E-state index contributed by atoms with van der Waals surface area (Å²) in [6, 6.07) is 1.56. The third-order valence-corrected chi connectivity index (χ3v) is 4.40. The Bertz CT molecular complexity index is 528. The van der Waals surface area contributed by atoms with Crippen molar-refractivity contribution < 1.29 is 0 Å². The van der Waals surface area contributed by atoms with Gasteiger partial charge in [-0.2, -0.15) is 0 Å². The molecule has 1 fully saturated rings. The van der Waals surface area contributed by atoms with Crippen molar-refractivity contribution >= 4 is 46.4 Å². The molecule has 0 unspecified atom stereocenters. The summed E-state index contributed by atoms with van der Waals surface area (Å²) in [5, 5.41) is 4.65. The van der Waals surface area contributed by atoms with Crippen LogP contribution in [0.3, 0.4) is 0 Å². The Kier molecular flexibility index (Phi) is 5.65. The van der Waals surface area contributed by atoms with E-state index in [4.69, 9.17) is 46.4 Å². The molecule has 1 heterocycles. The van der Waals surface area contributed by atoms with Gasteiger partial charge in [0.2, 0.25) is 0 Å². The van der Waals surface area contributed by atoms with Gasteiger partial charge in [-0.05, 0) is 6.07 Å². The highest BCUT2D eigenvalue weighted by Crippen LogP contribution is 2.36. The zero-order valence-corrected chi connectivity index (χ0v) is 13.1. The first kappa shape index (κ1) is 15.3. The molecule has 1 aromatic carbocycles. The summed E-state index contributed by atoms with van der Waals surface area (Å²) in [6.07, 6.45) is 0. The minimum absolute atomic E-state index is 0.291. The summed E-state index contributed by atoms with van der Waals surface area (Å²) >= 11 is 24.0. The fourth-order valence-corrected chi connectivity index (χ4v) is 2.80. The van der Waals surface area contributed by atoms with E-state index in [0.717, 1.165) is 26.2 Å². The van der Waals surface area contributed by atoms with Crippen LogP contribution in [0.1, 0.15) is 5.56 Å². The first-order chi connectivity index (χ1) is 9.09. The van der Waals surface area contributed by atoms with Crippen molar-refractivity contribution in [1.82, 2.24) is 10.2 Å². The number of nitrogens with zero attached hydrogens (tertiary/aromatic N) is 1. The maximum absolute atomic E-state index is 6.10. The molecule has 1 aliphatic heterocycles. The van der Waals surface area contributed by atoms with Crippen molar-refractivity contribution in [2.24, 2.45) is 0 Å². The number of piperazine rings is 1. The third-order valence-electron chi connectivity index (χ3n) is 2.84. The zero-order chi connectivity index (χ0) is 13.8. The van der Waals surface area contributed by atoms with E-state index >= 15 is 0 Å². The second-order valence-corrected chi connectivity index (χ2v) is 5.74. The molecule has 0 radical (unpaired) electrons. The fourth-order valence-electron chi connectivity index (χ4n) is 1.79. The predicted octanol–water partition coefficient (Wildman–Crippen LogP) is 3.56. The summed E-state index contributed by atoms with van der Waals surface area (Å²) in [6.45, 7) is 4.68. The van der Waals surface area contributed by atoms with Crippen molar-refractivity contribution in [2.75, 3.05) is 32.7 Å².